The molecule has 0 heterocycles. The minimum atomic E-state index is 0.678. The summed E-state index contributed by atoms with van der Waals surface area (Å²) in [5.41, 5.74) is 5.32. The van der Waals surface area contributed by atoms with Crippen molar-refractivity contribution in [3.05, 3.63) is 0 Å². The fraction of sp³-hybridized carbons (Fsp3) is 0.833. The van der Waals surface area contributed by atoms with E-state index in [1.165, 1.54) is 12.8 Å². The summed E-state index contributed by atoms with van der Waals surface area (Å²) in [4.78, 5) is 0. The minimum absolute atomic E-state index is 0.678. The molecule has 0 aromatic rings. The highest BCUT2D eigenvalue weighted by Crippen LogP contribution is 2.20. The van der Waals surface area contributed by atoms with Gasteiger partial charge in [-0.15, -0.1) is 0 Å². The molecule has 1 saturated carbocycles. The molecular weight excluding hydrogens is 164 g/mol. The maximum Gasteiger partial charge on any atom is 0.134 e. The Balaban J connectivity index is 1.97. The van der Waals surface area contributed by atoms with Gasteiger partial charge < -0.3 is 11.1 Å². The lowest BCUT2D eigenvalue weighted by molar-refractivity contribution is 0.933. The van der Waals surface area contributed by atoms with E-state index in [-0.39, 0.29) is 0 Å². The van der Waals surface area contributed by atoms with Gasteiger partial charge in [-0.25, -0.2) is 0 Å². The summed E-state index contributed by atoms with van der Waals surface area (Å²) in [7, 11) is 0. The zero-order valence-corrected chi connectivity index (χ0v) is 7.43. The molecule has 4 heteroatoms. The zero-order valence-electron chi connectivity index (χ0n) is 5.80. The molecule has 3 N–H and O–H groups in total. The van der Waals surface area contributed by atoms with E-state index < -0.39 is 0 Å². The first-order valence-electron chi connectivity index (χ1n) is 3.46. The number of rotatable bonds is 3. The number of hydrogen-bond donors (Lipinski definition) is 2. The second-order valence-corrected chi connectivity index (χ2v) is 4.12. The van der Waals surface area contributed by atoms with E-state index in [1.807, 2.05) is 0 Å². The molecule has 0 amide bonds. The van der Waals surface area contributed by atoms with Gasteiger partial charge in [0, 0.05) is 18.3 Å². The van der Waals surface area contributed by atoms with Crippen LogP contribution in [0, 0.1) is 0 Å². The quantitative estimate of drug-likeness (QED) is 0.621. The third kappa shape index (κ3) is 3.39. The normalized spacial score (nSPS) is 16.9. The van der Waals surface area contributed by atoms with E-state index in [4.69, 9.17) is 18.0 Å². The van der Waals surface area contributed by atoms with Crippen LogP contribution in [0.4, 0.5) is 0 Å². The van der Waals surface area contributed by atoms with E-state index in [9.17, 15) is 0 Å². The summed E-state index contributed by atoms with van der Waals surface area (Å²) in [5, 5.41) is 3.23. The van der Waals surface area contributed by atoms with E-state index in [1.54, 1.807) is 11.8 Å². The molecule has 0 bridgehead atoms. The molecule has 0 saturated heterocycles. The van der Waals surface area contributed by atoms with Crippen molar-refractivity contribution in [3.8, 4) is 0 Å². The van der Waals surface area contributed by atoms with Crippen molar-refractivity contribution in [3.63, 3.8) is 0 Å². The Morgan fingerprint density at radius 1 is 1.70 bits per heavy atom. The van der Waals surface area contributed by atoms with Gasteiger partial charge in [0.05, 0.1) is 0 Å². The number of thiocarbonyl (C=S) groups is 1. The maximum atomic E-state index is 5.32. The van der Waals surface area contributed by atoms with Crippen LogP contribution in [0.5, 0.6) is 0 Å². The Labute approximate surface area is 70.9 Å². The molecule has 58 valence electrons. The Bertz CT molecular complexity index is 123. The van der Waals surface area contributed by atoms with Crippen LogP contribution in [0.3, 0.4) is 0 Å². The molecule has 0 aliphatic heterocycles. The molecule has 10 heavy (non-hydrogen) atoms. The van der Waals surface area contributed by atoms with Crippen molar-refractivity contribution in [2.45, 2.75) is 18.9 Å². The standard InChI is InChI=1S/C6H12N2S2/c7-3-4-10-6(9)8-5-1-2-5/h5H,1-4,7H2,(H,8,9). The monoisotopic (exact) mass is 176 g/mol. The minimum Gasteiger partial charge on any atom is -0.368 e. The Hall–Kier alpha value is 0.200. The molecule has 0 spiro atoms. The van der Waals surface area contributed by atoms with Crippen LogP contribution in [0.15, 0.2) is 0 Å². The molecule has 1 fully saturated rings. The smallest absolute Gasteiger partial charge is 0.134 e. The topological polar surface area (TPSA) is 38.0 Å². The van der Waals surface area contributed by atoms with Gasteiger partial charge >= 0.3 is 0 Å². The van der Waals surface area contributed by atoms with E-state index in [0.29, 0.717) is 12.6 Å². The van der Waals surface area contributed by atoms with Crippen LogP contribution in [0.2, 0.25) is 0 Å². The SMILES string of the molecule is NCCSC(=S)NC1CC1. The summed E-state index contributed by atoms with van der Waals surface area (Å²) >= 11 is 6.67. The van der Waals surface area contributed by atoms with Gasteiger partial charge in [0.1, 0.15) is 4.32 Å². The number of thioether (sulfide) groups is 1. The molecule has 0 aromatic carbocycles. The summed E-state index contributed by atoms with van der Waals surface area (Å²) < 4.78 is 0.910. The lowest BCUT2D eigenvalue weighted by atomic mass is 10.7. The van der Waals surface area contributed by atoms with Crippen LogP contribution in [0.25, 0.3) is 0 Å². The highest BCUT2D eigenvalue weighted by Gasteiger charge is 2.21. The van der Waals surface area contributed by atoms with Crippen LogP contribution in [0.1, 0.15) is 12.8 Å². The molecule has 1 aliphatic rings. The van der Waals surface area contributed by atoms with E-state index in [2.05, 4.69) is 5.32 Å². The first-order valence-corrected chi connectivity index (χ1v) is 4.85. The van der Waals surface area contributed by atoms with Crippen molar-refractivity contribution in [1.82, 2.24) is 5.32 Å². The van der Waals surface area contributed by atoms with Gasteiger partial charge in [0.2, 0.25) is 0 Å². The van der Waals surface area contributed by atoms with Gasteiger partial charge in [-0.3, -0.25) is 0 Å². The summed E-state index contributed by atoms with van der Waals surface area (Å²) in [5.74, 6) is 0.929. The number of nitrogens with two attached hydrogens (primary N) is 1. The summed E-state index contributed by atoms with van der Waals surface area (Å²) in [6.07, 6.45) is 2.56. The van der Waals surface area contributed by atoms with Crippen molar-refractivity contribution in [1.29, 1.82) is 0 Å². The van der Waals surface area contributed by atoms with Gasteiger partial charge in [-0.1, -0.05) is 24.0 Å². The second kappa shape index (κ2) is 4.16. The lowest BCUT2D eigenvalue weighted by Gasteiger charge is -2.03. The highest BCUT2D eigenvalue weighted by atomic mass is 32.2. The molecule has 1 rings (SSSR count). The molecule has 0 radical (unpaired) electrons. The third-order valence-electron chi connectivity index (χ3n) is 1.25. The zero-order chi connectivity index (χ0) is 7.40. The van der Waals surface area contributed by atoms with Crippen molar-refractivity contribution in [2.75, 3.05) is 12.3 Å². The van der Waals surface area contributed by atoms with Gasteiger partial charge in [0.15, 0.2) is 0 Å². The summed E-state index contributed by atoms with van der Waals surface area (Å²) in [6, 6.07) is 0.678. The van der Waals surface area contributed by atoms with Crippen LogP contribution in [-0.2, 0) is 0 Å². The van der Waals surface area contributed by atoms with Gasteiger partial charge in [-0.2, -0.15) is 0 Å². The number of hydrogen-bond acceptors (Lipinski definition) is 3. The first kappa shape index (κ1) is 8.30. The Morgan fingerprint density at radius 2 is 2.40 bits per heavy atom. The average molecular weight is 176 g/mol. The van der Waals surface area contributed by atoms with E-state index >= 15 is 0 Å². The van der Waals surface area contributed by atoms with Crippen LogP contribution < -0.4 is 11.1 Å². The molecule has 0 unspecified atom stereocenters. The predicted octanol–water partition coefficient (Wildman–Crippen LogP) is 0.715. The summed E-state index contributed by atoms with van der Waals surface area (Å²) in [6.45, 7) is 0.706. The van der Waals surface area contributed by atoms with Gasteiger partial charge in [0.25, 0.3) is 0 Å². The van der Waals surface area contributed by atoms with Crippen molar-refractivity contribution >= 4 is 28.3 Å². The molecule has 1 aliphatic carbocycles. The number of nitrogens with one attached hydrogen (secondary N) is 1. The second-order valence-electron chi connectivity index (χ2n) is 2.34. The Kier molecular flexibility index (Phi) is 3.45. The largest absolute Gasteiger partial charge is 0.368 e. The first-order chi connectivity index (χ1) is 4.83. The van der Waals surface area contributed by atoms with Crippen LogP contribution >= 0.6 is 24.0 Å². The molecule has 2 nitrogen and oxygen atoms in total. The maximum absolute atomic E-state index is 5.32. The molecule has 0 atom stereocenters. The fourth-order valence-electron chi connectivity index (χ4n) is 0.588. The van der Waals surface area contributed by atoms with E-state index in [0.717, 1.165) is 10.1 Å². The van der Waals surface area contributed by atoms with Crippen LogP contribution in [-0.4, -0.2) is 22.7 Å². The van der Waals surface area contributed by atoms with Crippen molar-refractivity contribution < 1.29 is 0 Å². The van der Waals surface area contributed by atoms with Crippen molar-refractivity contribution in [2.24, 2.45) is 5.73 Å². The van der Waals surface area contributed by atoms with Gasteiger partial charge in [-0.05, 0) is 12.8 Å². The fourth-order valence-corrected chi connectivity index (χ4v) is 1.56. The Morgan fingerprint density at radius 3 is 2.90 bits per heavy atom. The lowest BCUT2D eigenvalue weighted by Crippen LogP contribution is -2.21. The molecular formula is C6H12N2S2. The average Bonchev–Trinajstić information content (AvgIpc) is 2.67. The predicted molar refractivity (Wildman–Crippen MR) is 50.3 cm³/mol. The highest BCUT2D eigenvalue weighted by molar-refractivity contribution is 8.22. The third-order valence-corrected chi connectivity index (χ3v) is 2.54. The molecule has 0 aromatic heterocycles.